The first kappa shape index (κ1) is 14.6. The van der Waals surface area contributed by atoms with Crippen molar-refractivity contribution in [1.82, 2.24) is 9.78 Å². The third-order valence-corrected chi connectivity index (χ3v) is 3.00. The van der Waals surface area contributed by atoms with Gasteiger partial charge >= 0.3 is 5.97 Å². The molecule has 0 spiro atoms. The van der Waals surface area contributed by atoms with E-state index < -0.39 is 5.97 Å². The smallest absolute Gasteiger partial charge is 0.339 e. The maximum absolute atomic E-state index is 11.9. The van der Waals surface area contributed by atoms with E-state index in [1.54, 1.807) is 38.3 Å². The van der Waals surface area contributed by atoms with Gasteiger partial charge in [0.15, 0.2) is 0 Å². The Morgan fingerprint density at radius 2 is 2.00 bits per heavy atom. The summed E-state index contributed by atoms with van der Waals surface area (Å²) in [7, 11) is 1.56. The van der Waals surface area contributed by atoms with E-state index in [4.69, 9.17) is 9.84 Å². The summed E-state index contributed by atoms with van der Waals surface area (Å²) in [5.74, 6) is -0.653. The summed E-state index contributed by atoms with van der Waals surface area (Å²) in [5, 5.41) is 15.5. The van der Waals surface area contributed by atoms with E-state index in [1.165, 1.54) is 10.9 Å². The first-order valence-corrected chi connectivity index (χ1v) is 6.21. The number of amides is 1. The van der Waals surface area contributed by atoms with Crippen molar-refractivity contribution in [3.05, 3.63) is 41.7 Å². The highest BCUT2D eigenvalue weighted by atomic mass is 16.5. The summed E-state index contributed by atoms with van der Waals surface area (Å²) in [6, 6.07) is 6.90. The normalized spacial score (nSPS) is 10.2. The molecule has 0 aliphatic rings. The van der Waals surface area contributed by atoms with Crippen LogP contribution in [0, 0.1) is 6.92 Å². The first-order valence-electron chi connectivity index (χ1n) is 6.21. The zero-order chi connectivity index (χ0) is 15.4. The van der Waals surface area contributed by atoms with Gasteiger partial charge in [-0.05, 0) is 31.2 Å². The van der Waals surface area contributed by atoms with Crippen molar-refractivity contribution >= 4 is 17.6 Å². The number of aromatic carboxylic acids is 1. The van der Waals surface area contributed by atoms with Crippen LogP contribution in [0.25, 0.3) is 0 Å². The van der Waals surface area contributed by atoms with Gasteiger partial charge in [0.25, 0.3) is 0 Å². The van der Waals surface area contributed by atoms with Crippen LogP contribution in [0.5, 0.6) is 5.75 Å². The molecule has 1 aromatic heterocycles. The van der Waals surface area contributed by atoms with E-state index in [0.717, 1.165) is 0 Å². The number of nitrogens with one attached hydrogen (secondary N) is 1. The number of aromatic nitrogens is 2. The molecule has 0 aliphatic carbocycles. The maximum Gasteiger partial charge on any atom is 0.339 e. The highest BCUT2D eigenvalue weighted by molar-refractivity contribution is 5.91. The fourth-order valence-electron chi connectivity index (χ4n) is 1.83. The van der Waals surface area contributed by atoms with E-state index in [9.17, 15) is 9.59 Å². The molecule has 0 fully saturated rings. The van der Waals surface area contributed by atoms with Crippen LogP contribution in [0.4, 0.5) is 5.69 Å². The average molecular weight is 289 g/mol. The topological polar surface area (TPSA) is 93.5 Å². The van der Waals surface area contributed by atoms with Crippen molar-refractivity contribution in [3.8, 4) is 5.75 Å². The van der Waals surface area contributed by atoms with Crippen LogP contribution in [-0.4, -0.2) is 33.9 Å². The predicted octanol–water partition coefficient (Wildman–Crippen LogP) is 1.54. The number of anilines is 1. The van der Waals surface area contributed by atoms with Gasteiger partial charge in [-0.25, -0.2) is 4.79 Å². The molecule has 1 heterocycles. The van der Waals surface area contributed by atoms with Gasteiger partial charge < -0.3 is 15.2 Å². The molecule has 0 aliphatic heterocycles. The quantitative estimate of drug-likeness (QED) is 0.870. The SMILES string of the molecule is COc1ccc(NC(=O)Cn2ncc(C(=O)O)c2C)cc1. The van der Waals surface area contributed by atoms with Crippen molar-refractivity contribution in [2.45, 2.75) is 13.5 Å². The van der Waals surface area contributed by atoms with Crippen molar-refractivity contribution < 1.29 is 19.4 Å². The predicted molar refractivity (Wildman–Crippen MR) is 75.5 cm³/mol. The standard InChI is InChI=1S/C14H15N3O4/c1-9-12(14(19)20)7-15-17(9)8-13(18)16-10-3-5-11(21-2)6-4-10/h3-7H,8H2,1-2H3,(H,16,18)(H,19,20). The van der Waals surface area contributed by atoms with Crippen molar-refractivity contribution in [2.75, 3.05) is 12.4 Å². The van der Waals surface area contributed by atoms with E-state index in [1.807, 2.05) is 0 Å². The van der Waals surface area contributed by atoms with Crippen LogP contribution >= 0.6 is 0 Å². The first-order chi connectivity index (χ1) is 10.0. The summed E-state index contributed by atoms with van der Waals surface area (Å²) in [4.78, 5) is 22.8. The minimum absolute atomic E-state index is 0.0505. The lowest BCUT2D eigenvalue weighted by Crippen LogP contribution is -2.20. The molecule has 1 aromatic carbocycles. The summed E-state index contributed by atoms with van der Waals surface area (Å²) in [5.41, 5.74) is 1.16. The summed E-state index contributed by atoms with van der Waals surface area (Å²) in [6.45, 7) is 1.56. The van der Waals surface area contributed by atoms with Gasteiger partial charge in [0.2, 0.25) is 5.91 Å². The number of ether oxygens (including phenoxy) is 1. The zero-order valence-electron chi connectivity index (χ0n) is 11.7. The summed E-state index contributed by atoms with van der Waals surface area (Å²) in [6.07, 6.45) is 1.23. The molecule has 1 amide bonds. The fourth-order valence-corrected chi connectivity index (χ4v) is 1.83. The van der Waals surface area contributed by atoms with E-state index in [0.29, 0.717) is 17.1 Å². The lowest BCUT2D eigenvalue weighted by molar-refractivity contribution is -0.116. The third kappa shape index (κ3) is 3.38. The Balaban J connectivity index is 2.02. The second-order valence-electron chi connectivity index (χ2n) is 4.38. The van der Waals surface area contributed by atoms with Crippen molar-refractivity contribution in [2.24, 2.45) is 0 Å². The Labute approximate surface area is 121 Å². The molecular formula is C14H15N3O4. The molecule has 0 saturated heterocycles. The summed E-state index contributed by atoms with van der Waals surface area (Å²) < 4.78 is 6.38. The monoisotopic (exact) mass is 289 g/mol. The number of nitrogens with zero attached hydrogens (tertiary/aromatic N) is 2. The van der Waals surface area contributed by atoms with Gasteiger partial charge in [-0.15, -0.1) is 0 Å². The van der Waals surface area contributed by atoms with Crippen LogP contribution in [0.2, 0.25) is 0 Å². The van der Waals surface area contributed by atoms with Gasteiger partial charge in [-0.2, -0.15) is 5.10 Å². The molecule has 7 heteroatoms. The van der Waals surface area contributed by atoms with Crippen molar-refractivity contribution in [1.29, 1.82) is 0 Å². The molecule has 110 valence electrons. The molecule has 2 rings (SSSR count). The van der Waals surface area contributed by atoms with E-state index >= 15 is 0 Å². The second kappa shape index (κ2) is 6.08. The number of methoxy groups -OCH3 is 1. The number of carbonyl (C=O) groups excluding carboxylic acids is 1. The van der Waals surface area contributed by atoms with Crippen LogP contribution in [0.1, 0.15) is 16.1 Å². The maximum atomic E-state index is 11.9. The number of rotatable bonds is 5. The Morgan fingerprint density at radius 3 is 2.52 bits per heavy atom. The Hall–Kier alpha value is -2.83. The number of benzene rings is 1. The van der Waals surface area contributed by atoms with Crippen LogP contribution < -0.4 is 10.1 Å². The lowest BCUT2D eigenvalue weighted by atomic mass is 10.2. The lowest BCUT2D eigenvalue weighted by Gasteiger charge is -2.07. The zero-order valence-corrected chi connectivity index (χ0v) is 11.7. The Morgan fingerprint density at radius 1 is 1.33 bits per heavy atom. The molecule has 2 N–H and O–H groups in total. The molecule has 0 bridgehead atoms. The van der Waals surface area contributed by atoms with Gasteiger partial charge in [0, 0.05) is 5.69 Å². The Bertz CT molecular complexity index is 661. The molecule has 0 atom stereocenters. The second-order valence-corrected chi connectivity index (χ2v) is 4.38. The van der Waals surface area contributed by atoms with Crippen LogP contribution in [0.3, 0.4) is 0 Å². The molecular weight excluding hydrogens is 274 g/mol. The minimum Gasteiger partial charge on any atom is -0.497 e. The number of hydrogen-bond donors (Lipinski definition) is 2. The van der Waals surface area contributed by atoms with Crippen LogP contribution in [0.15, 0.2) is 30.5 Å². The van der Waals surface area contributed by atoms with Gasteiger partial charge in [0.05, 0.1) is 19.0 Å². The van der Waals surface area contributed by atoms with Crippen LogP contribution in [-0.2, 0) is 11.3 Å². The highest BCUT2D eigenvalue weighted by Crippen LogP contribution is 2.15. The number of carboxylic acid groups (broad SMARTS) is 1. The average Bonchev–Trinajstić information content (AvgIpc) is 2.81. The molecule has 21 heavy (non-hydrogen) atoms. The van der Waals surface area contributed by atoms with Gasteiger partial charge in [-0.1, -0.05) is 0 Å². The molecule has 0 unspecified atom stereocenters. The summed E-state index contributed by atoms with van der Waals surface area (Å²) >= 11 is 0. The van der Waals surface area contributed by atoms with Gasteiger partial charge in [-0.3, -0.25) is 9.48 Å². The minimum atomic E-state index is -1.06. The third-order valence-electron chi connectivity index (χ3n) is 3.00. The molecule has 0 saturated carbocycles. The number of carbonyl (C=O) groups is 2. The van der Waals surface area contributed by atoms with Crippen molar-refractivity contribution in [3.63, 3.8) is 0 Å². The van der Waals surface area contributed by atoms with E-state index in [-0.39, 0.29) is 18.0 Å². The highest BCUT2D eigenvalue weighted by Gasteiger charge is 2.14. The number of hydrogen-bond acceptors (Lipinski definition) is 4. The Kier molecular flexibility index (Phi) is 4.22. The molecule has 7 nitrogen and oxygen atoms in total. The van der Waals surface area contributed by atoms with Gasteiger partial charge in [0.1, 0.15) is 17.9 Å². The largest absolute Gasteiger partial charge is 0.497 e. The molecule has 2 aromatic rings. The van der Waals surface area contributed by atoms with E-state index in [2.05, 4.69) is 10.4 Å². The molecule has 0 radical (unpaired) electrons. The number of carboxylic acids is 1. The fraction of sp³-hybridized carbons (Fsp3) is 0.214.